The van der Waals surface area contributed by atoms with E-state index in [1.54, 1.807) is 0 Å². The highest BCUT2D eigenvalue weighted by Gasteiger charge is 1.97. The molecule has 2 aromatic rings. The molecule has 2 aromatic carbocycles. The van der Waals surface area contributed by atoms with Crippen LogP contribution < -0.4 is 4.74 Å². The predicted octanol–water partition coefficient (Wildman–Crippen LogP) is 10.3. The number of unbranched alkanes of at least 4 members (excludes halogenated alkanes) is 13. The van der Waals surface area contributed by atoms with Gasteiger partial charge in [0, 0.05) is 0 Å². The normalized spacial score (nSPS) is 11.3. The average Bonchev–Trinajstić information content (AvgIpc) is 2.82. The van der Waals surface area contributed by atoms with Gasteiger partial charge in [0.25, 0.3) is 0 Å². The molecule has 0 unspecified atom stereocenters. The van der Waals surface area contributed by atoms with Gasteiger partial charge in [-0.05, 0) is 49.7 Å². The molecule has 0 spiro atoms. The summed E-state index contributed by atoms with van der Waals surface area (Å²) in [5.41, 5.74) is 2.94. The van der Waals surface area contributed by atoms with Crippen LogP contribution in [-0.4, -0.2) is 6.61 Å². The van der Waals surface area contributed by atoms with Crippen LogP contribution in [0, 0.1) is 6.92 Å². The molecule has 0 saturated heterocycles. The standard InChI is InChI=1S/C29H44N2O/c1-3-4-5-6-7-8-9-10-11-12-13-14-15-16-25-32-29-23-21-28(22-24-29)31-30-27-19-17-26(2)18-20-27/h17-24H,3-16,25H2,1-2H3. The fraction of sp³-hybridized carbons (Fsp3) is 0.586. The van der Waals surface area contributed by atoms with Crippen LogP contribution in [0.1, 0.15) is 102 Å². The number of aryl methyl sites for hydroxylation is 1. The predicted molar refractivity (Wildman–Crippen MR) is 138 cm³/mol. The second-order valence-electron chi connectivity index (χ2n) is 8.97. The summed E-state index contributed by atoms with van der Waals surface area (Å²) in [4.78, 5) is 0. The number of azo groups is 1. The lowest BCUT2D eigenvalue weighted by atomic mass is 10.0. The Kier molecular flexibility index (Phi) is 14.2. The maximum absolute atomic E-state index is 5.87. The Hall–Kier alpha value is -2.16. The molecule has 176 valence electrons. The summed E-state index contributed by atoms with van der Waals surface area (Å²) in [6.45, 7) is 5.15. The van der Waals surface area contributed by atoms with E-state index in [4.69, 9.17) is 4.74 Å². The summed E-state index contributed by atoms with van der Waals surface area (Å²) in [5.74, 6) is 0.911. The lowest BCUT2D eigenvalue weighted by Gasteiger charge is -2.06. The van der Waals surface area contributed by atoms with Crippen LogP contribution in [0.3, 0.4) is 0 Å². The third-order valence-electron chi connectivity index (χ3n) is 5.92. The molecule has 0 radical (unpaired) electrons. The van der Waals surface area contributed by atoms with E-state index in [1.807, 2.05) is 48.5 Å². The van der Waals surface area contributed by atoms with Gasteiger partial charge in [0.2, 0.25) is 0 Å². The van der Waals surface area contributed by atoms with Gasteiger partial charge in [-0.25, -0.2) is 0 Å². The van der Waals surface area contributed by atoms with Crippen LogP contribution in [0.4, 0.5) is 11.4 Å². The highest BCUT2D eigenvalue weighted by molar-refractivity contribution is 5.43. The molecule has 0 saturated carbocycles. The largest absolute Gasteiger partial charge is 0.494 e. The smallest absolute Gasteiger partial charge is 0.119 e. The Morgan fingerprint density at radius 2 is 0.938 bits per heavy atom. The molecule has 0 aliphatic carbocycles. The van der Waals surface area contributed by atoms with Gasteiger partial charge in [0.05, 0.1) is 18.0 Å². The van der Waals surface area contributed by atoms with E-state index in [0.29, 0.717) is 0 Å². The summed E-state index contributed by atoms with van der Waals surface area (Å²) in [5, 5.41) is 8.57. The molecule has 0 bridgehead atoms. The molecule has 0 aliphatic heterocycles. The molecule has 0 aromatic heterocycles. The molecular weight excluding hydrogens is 392 g/mol. The molecule has 0 heterocycles. The molecule has 3 nitrogen and oxygen atoms in total. The van der Waals surface area contributed by atoms with Crippen molar-refractivity contribution in [2.75, 3.05) is 6.61 Å². The second-order valence-corrected chi connectivity index (χ2v) is 8.97. The highest BCUT2D eigenvalue weighted by atomic mass is 16.5. The quantitative estimate of drug-likeness (QED) is 0.169. The first kappa shape index (κ1) is 26.1. The molecule has 0 N–H and O–H groups in total. The Morgan fingerprint density at radius 3 is 1.41 bits per heavy atom. The van der Waals surface area contributed by atoms with Crippen molar-refractivity contribution in [3.63, 3.8) is 0 Å². The van der Waals surface area contributed by atoms with Gasteiger partial charge in [0.15, 0.2) is 0 Å². The van der Waals surface area contributed by atoms with Gasteiger partial charge in [-0.2, -0.15) is 10.2 Å². The Balaban J connectivity index is 1.43. The van der Waals surface area contributed by atoms with Crippen molar-refractivity contribution >= 4 is 11.4 Å². The Labute approximate surface area is 196 Å². The monoisotopic (exact) mass is 436 g/mol. The summed E-state index contributed by atoms with van der Waals surface area (Å²) in [7, 11) is 0. The van der Waals surface area contributed by atoms with Crippen LogP contribution in [-0.2, 0) is 0 Å². The van der Waals surface area contributed by atoms with Gasteiger partial charge in [-0.3, -0.25) is 0 Å². The number of rotatable bonds is 18. The number of hydrogen-bond acceptors (Lipinski definition) is 3. The lowest BCUT2D eigenvalue weighted by molar-refractivity contribution is 0.304. The van der Waals surface area contributed by atoms with Crippen LogP contribution in [0.2, 0.25) is 0 Å². The van der Waals surface area contributed by atoms with E-state index in [-0.39, 0.29) is 0 Å². The van der Waals surface area contributed by atoms with E-state index in [2.05, 4.69) is 24.1 Å². The van der Waals surface area contributed by atoms with Crippen molar-refractivity contribution < 1.29 is 4.74 Å². The Bertz CT molecular complexity index is 722. The van der Waals surface area contributed by atoms with Gasteiger partial charge in [-0.1, -0.05) is 108 Å². The summed E-state index contributed by atoms with van der Waals surface area (Å²) >= 11 is 0. The highest BCUT2D eigenvalue weighted by Crippen LogP contribution is 2.22. The van der Waals surface area contributed by atoms with E-state index < -0.39 is 0 Å². The van der Waals surface area contributed by atoms with Crippen molar-refractivity contribution in [3.05, 3.63) is 54.1 Å². The van der Waals surface area contributed by atoms with Crippen LogP contribution in [0.5, 0.6) is 5.75 Å². The zero-order valence-electron chi connectivity index (χ0n) is 20.5. The van der Waals surface area contributed by atoms with E-state index >= 15 is 0 Å². The number of ether oxygens (including phenoxy) is 1. The first-order valence-electron chi connectivity index (χ1n) is 13.0. The van der Waals surface area contributed by atoms with Crippen LogP contribution >= 0.6 is 0 Å². The molecule has 0 atom stereocenters. The van der Waals surface area contributed by atoms with Gasteiger partial charge < -0.3 is 4.74 Å². The second kappa shape index (κ2) is 17.4. The zero-order valence-corrected chi connectivity index (χ0v) is 20.5. The van der Waals surface area contributed by atoms with Crippen molar-refractivity contribution in [3.8, 4) is 5.75 Å². The fourth-order valence-corrected chi connectivity index (χ4v) is 3.82. The molecule has 3 heteroatoms. The van der Waals surface area contributed by atoms with Gasteiger partial charge >= 0.3 is 0 Å². The minimum atomic E-state index is 0.794. The van der Waals surface area contributed by atoms with Crippen molar-refractivity contribution in [2.45, 2.75) is 104 Å². The molecule has 32 heavy (non-hydrogen) atoms. The zero-order chi connectivity index (χ0) is 22.7. The van der Waals surface area contributed by atoms with Crippen molar-refractivity contribution in [1.82, 2.24) is 0 Å². The maximum Gasteiger partial charge on any atom is 0.119 e. The Morgan fingerprint density at radius 1 is 0.531 bits per heavy atom. The first-order valence-corrected chi connectivity index (χ1v) is 13.0. The minimum absolute atomic E-state index is 0.794. The fourth-order valence-electron chi connectivity index (χ4n) is 3.82. The molecular formula is C29H44N2O. The van der Waals surface area contributed by atoms with Gasteiger partial charge in [0.1, 0.15) is 5.75 Å². The number of benzene rings is 2. The SMILES string of the molecule is CCCCCCCCCCCCCCCCOc1ccc(N=Nc2ccc(C)cc2)cc1. The van der Waals surface area contributed by atoms with Crippen molar-refractivity contribution in [1.29, 1.82) is 0 Å². The molecule has 0 amide bonds. The molecule has 0 aliphatic rings. The third kappa shape index (κ3) is 12.6. The maximum atomic E-state index is 5.87. The molecule has 2 rings (SSSR count). The molecule has 0 fully saturated rings. The van der Waals surface area contributed by atoms with E-state index in [0.717, 1.165) is 30.2 Å². The first-order chi connectivity index (χ1) is 15.8. The van der Waals surface area contributed by atoms with E-state index in [9.17, 15) is 0 Å². The summed E-state index contributed by atoms with van der Waals surface area (Å²) in [6.07, 6.45) is 19.3. The lowest BCUT2D eigenvalue weighted by Crippen LogP contribution is -1.96. The summed E-state index contributed by atoms with van der Waals surface area (Å²) < 4.78 is 5.87. The van der Waals surface area contributed by atoms with Gasteiger partial charge in [-0.15, -0.1) is 0 Å². The van der Waals surface area contributed by atoms with Crippen LogP contribution in [0.25, 0.3) is 0 Å². The van der Waals surface area contributed by atoms with Crippen molar-refractivity contribution in [2.24, 2.45) is 10.2 Å². The van der Waals surface area contributed by atoms with Crippen LogP contribution in [0.15, 0.2) is 58.8 Å². The topological polar surface area (TPSA) is 34.0 Å². The van der Waals surface area contributed by atoms with E-state index in [1.165, 1.54) is 89.0 Å². The summed E-state index contributed by atoms with van der Waals surface area (Å²) in [6, 6.07) is 15.9. The number of hydrogen-bond donors (Lipinski definition) is 0. The minimum Gasteiger partial charge on any atom is -0.494 e. The third-order valence-corrected chi connectivity index (χ3v) is 5.92. The average molecular weight is 437 g/mol. The number of nitrogens with zero attached hydrogens (tertiary/aromatic N) is 2.